The molecule has 0 bridgehead atoms. The molecular weight excluding hydrogens is 348 g/mol. The molecule has 1 aliphatic heterocycles. The van der Waals surface area contributed by atoms with Crippen LogP contribution in [0.1, 0.15) is 18.1 Å². The molecule has 1 aliphatic rings. The van der Waals surface area contributed by atoms with E-state index in [2.05, 4.69) is 10.3 Å². The van der Waals surface area contributed by atoms with E-state index >= 15 is 0 Å². The van der Waals surface area contributed by atoms with Gasteiger partial charge < -0.3 is 14.8 Å². The fraction of sp³-hybridized carbons (Fsp3) is 0.200. The van der Waals surface area contributed by atoms with E-state index in [4.69, 9.17) is 9.47 Å². The Bertz CT molecular complexity index is 890. The molecule has 1 heterocycles. The standard InChI is InChI=1S/C20H20N2O3S/c1-4-25-16-10-9-14(11-17(16)24-3)12-18-19(23)22-20(26-18)21-15-8-6-5-7-13(15)2/h5-12H,4H2,1-3H3,(H,21,22,23)/b18-12+. The Morgan fingerprint density at radius 1 is 1.19 bits per heavy atom. The predicted molar refractivity (Wildman–Crippen MR) is 106 cm³/mol. The molecular formula is C20H20N2O3S. The zero-order valence-electron chi connectivity index (χ0n) is 14.9. The van der Waals surface area contributed by atoms with E-state index in [1.165, 1.54) is 11.8 Å². The topological polar surface area (TPSA) is 59.9 Å². The van der Waals surface area contributed by atoms with Crippen molar-refractivity contribution in [1.29, 1.82) is 0 Å². The van der Waals surface area contributed by atoms with Gasteiger partial charge in [-0.3, -0.25) is 4.79 Å². The Labute approximate surface area is 157 Å². The number of hydrogen-bond acceptors (Lipinski definition) is 5. The SMILES string of the molecule is CCOc1ccc(/C=C2/SC(=Nc3ccccc3C)NC2=O)cc1OC. The van der Waals surface area contributed by atoms with Gasteiger partial charge in [-0.2, -0.15) is 0 Å². The van der Waals surface area contributed by atoms with Crippen LogP contribution in [0, 0.1) is 6.92 Å². The average Bonchev–Trinajstić information content (AvgIpc) is 2.97. The molecule has 1 fully saturated rings. The van der Waals surface area contributed by atoms with Crippen molar-refractivity contribution in [3.05, 3.63) is 58.5 Å². The largest absolute Gasteiger partial charge is 0.493 e. The van der Waals surface area contributed by atoms with Gasteiger partial charge >= 0.3 is 0 Å². The third-order valence-electron chi connectivity index (χ3n) is 3.77. The molecule has 2 aromatic rings. The first-order valence-corrected chi connectivity index (χ1v) is 9.08. The molecule has 26 heavy (non-hydrogen) atoms. The van der Waals surface area contributed by atoms with Gasteiger partial charge in [0.2, 0.25) is 0 Å². The number of aliphatic imine (C=N–C) groups is 1. The summed E-state index contributed by atoms with van der Waals surface area (Å²) in [6.07, 6.45) is 1.82. The maximum Gasteiger partial charge on any atom is 0.264 e. The van der Waals surface area contributed by atoms with Gasteiger partial charge in [-0.25, -0.2) is 4.99 Å². The van der Waals surface area contributed by atoms with Crippen LogP contribution < -0.4 is 14.8 Å². The molecule has 0 aliphatic carbocycles. The summed E-state index contributed by atoms with van der Waals surface area (Å²) in [5.74, 6) is 1.16. The predicted octanol–water partition coefficient (Wildman–Crippen LogP) is 4.29. The summed E-state index contributed by atoms with van der Waals surface area (Å²) in [6.45, 7) is 4.47. The van der Waals surface area contributed by atoms with Gasteiger partial charge in [-0.05, 0) is 61.0 Å². The van der Waals surface area contributed by atoms with E-state index in [1.807, 2.05) is 62.4 Å². The second-order valence-corrected chi connectivity index (χ2v) is 6.64. The minimum Gasteiger partial charge on any atom is -0.493 e. The fourth-order valence-corrected chi connectivity index (χ4v) is 3.31. The van der Waals surface area contributed by atoms with E-state index in [0.717, 1.165) is 16.8 Å². The molecule has 1 amide bonds. The summed E-state index contributed by atoms with van der Waals surface area (Å²) < 4.78 is 10.9. The molecule has 0 aromatic heterocycles. The number of para-hydroxylation sites is 1. The van der Waals surface area contributed by atoms with Crippen LogP contribution in [-0.2, 0) is 4.79 Å². The fourth-order valence-electron chi connectivity index (χ4n) is 2.48. The molecule has 0 atom stereocenters. The van der Waals surface area contributed by atoms with Crippen LogP contribution in [0.25, 0.3) is 6.08 Å². The summed E-state index contributed by atoms with van der Waals surface area (Å²) in [6, 6.07) is 13.4. The Kier molecular flexibility index (Phi) is 5.63. The summed E-state index contributed by atoms with van der Waals surface area (Å²) >= 11 is 1.32. The lowest BCUT2D eigenvalue weighted by molar-refractivity contribution is -0.115. The van der Waals surface area contributed by atoms with Gasteiger partial charge in [0.25, 0.3) is 5.91 Å². The second-order valence-electron chi connectivity index (χ2n) is 5.61. The highest BCUT2D eigenvalue weighted by molar-refractivity contribution is 8.18. The van der Waals surface area contributed by atoms with Gasteiger partial charge in [0, 0.05) is 0 Å². The molecule has 5 nitrogen and oxygen atoms in total. The minimum atomic E-state index is -0.157. The number of benzene rings is 2. The zero-order chi connectivity index (χ0) is 18.5. The quantitative estimate of drug-likeness (QED) is 0.800. The van der Waals surface area contributed by atoms with E-state index in [1.54, 1.807) is 7.11 Å². The molecule has 3 rings (SSSR count). The van der Waals surface area contributed by atoms with Crippen molar-refractivity contribution >= 4 is 34.6 Å². The van der Waals surface area contributed by atoms with Crippen LogP contribution in [0.3, 0.4) is 0 Å². The van der Waals surface area contributed by atoms with Gasteiger partial charge in [0.15, 0.2) is 16.7 Å². The molecule has 2 aromatic carbocycles. The number of aryl methyl sites for hydroxylation is 1. The van der Waals surface area contributed by atoms with E-state index in [0.29, 0.717) is 28.2 Å². The first kappa shape index (κ1) is 18.1. The van der Waals surface area contributed by atoms with Crippen LogP contribution in [-0.4, -0.2) is 24.8 Å². The minimum absolute atomic E-state index is 0.157. The van der Waals surface area contributed by atoms with Gasteiger partial charge in [-0.1, -0.05) is 24.3 Å². The number of methoxy groups -OCH3 is 1. The summed E-state index contributed by atoms with van der Waals surface area (Å²) in [4.78, 5) is 17.4. The lowest BCUT2D eigenvalue weighted by Gasteiger charge is -2.09. The van der Waals surface area contributed by atoms with E-state index in [9.17, 15) is 4.79 Å². The lowest BCUT2D eigenvalue weighted by atomic mass is 10.2. The first-order valence-electron chi connectivity index (χ1n) is 8.26. The summed E-state index contributed by atoms with van der Waals surface area (Å²) in [7, 11) is 1.60. The number of carbonyl (C=O) groups is 1. The van der Waals surface area contributed by atoms with Crippen molar-refractivity contribution in [2.24, 2.45) is 4.99 Å². The van der Waals surface area contributed by atoms with Gasteiger partial charge in [-0.15, -0.1) is 0 Å². The van der Waals surface area contributed by atoms with Crippen LogP contribution >= 0.6 is 11.8 Å². The van der Waals surface area contributed by atoms with Crippen molar-refractivity contribution in [1.82, 2.24) is 5.32 Å². The molecule has 134 valence electrons. The third kappa shape index (κ3) is 4.08. The summed E-state index contributed by atoms with van der Waals surface area (Å²) in [5, 5.41) is 3.39. The smallest absolute Gasteiger partial charge is 0.264 e. The Balaban J connectivity index is 1.84. The second kappa shape index (κ2) is 8.10. The van der Waals surface area contributed by atoms with Crippen LogP contribution in [0.4, 0.5) is 5.69 Å². The van der Waals surface area contributed by atoms with Crippen molar-refractivity contribution in [3.63, 3.8) is 0 Å². The number of amidine groups is 1. The number of rotatable bonds is 5. The van der Waals surface area contributed by atoms with Crippen LogP contribution in [0.5, 0.6) is 11.5 Å². The maximum atomic E-state index is 12.3. The summed E-state index contributed by atoms with van der Waals surface area (Å²) in [5.41, 5.74) is 2.77. The molecule has 0 unspecified atom stereocenters. The van der Waals surface area contributed by atoms with Crippen molar-refractivity contribution in [3.8, 4) is 11.5 Å². The molecule has 0 spiro atoms. The number of nitrogens with zero attached hydrogens (tertiary/aromatic N) is 1. The number of hydrogen-bond donors (Lipinski definition) is 1. The molecule has 6 heteroatoms. The Morgan fingerprint density at radius 3 is 2.73 bits per heavy atom. The first-order chi connectivity index (χ1) is 12.6. The highest BCUT2D eigenvalue weighted by Crippen LogP contribution is 2.32. The third-order valence-corrected chi connectivity index (χ3v) is 4.68. The van der Waals surface area contributed by atoms with Crippen LogP contribution in [0.15, 0.2) is 52.4 Å². The normalized spacial score (nSPS) is 16.8. The van der Waals surface area contributed by atoms with E-state index < -0.39 is 0 Å². The average molecular weight is 368 g/mol. The Morgan fingerprint density at radius 2 is 2.00 bits per heavy atom. The maximum absolute atomic E-state index is 12.3. The van der Waals surface area contributed by atoms with Gasteiger partial charge in [0.05, 0.1) is 24.3 Å². The van der Waals surface area contributed by atoms with Gasteiger partial charge in [0.1, 0.15) is 0 Å². The van der Waals surface area contributed by atoms with Crippen molar-refractivity contribution < 1.29 is 14.3 Å². The molecule has 1 saturated heterocycles. The zero-order valence-corrected chi connectivity index (χ0v) is 15.7. The number of amides is 1. The molecule has 1 N–H and O–H groups in total. The number of ether oxygens (including phenoxy) is 2. The number of carbonyl (C=O) groups excluding carboxylic acids is 1. The number of nitrogens with one attached hydrogen (secondary N) is 1. The highest BCUT2D eigenvalue weighted by atomic mass is 32.2. The van der Waals surface area contributed by atoms with E-state index in [-0.39, 0.29) is 5.91 Å². The van der Waals surface area contributed by atoms with Crippen molar-refractivity contribution in [2.45, 2.75) is 13.8 Å². The van der Waals surface area contributed by atoms with Crippen LogP contribution in [0.2, 0.25) is 0 Å². The lowest BCUT2D eigenvalue weighted by Crippen LogP contribution is -2.19. The number of thioether (sulfide) groups is 1. The van der Waals surface area contributed by atoms with Crippen molar-refractivity contribution in [2.75, 3.05) is 13.7 Å². The molecule has 0 radical (unpaired) electrons. The highest BCUT2D eigenvalue weighted by Gasteiger charge is 2.24. The Hall–Kier alpha value is -2.73. The monoisotopic (exact) mass is 368 g/mol. The molecule has 0 saturated carbocycles.